The first-order valence-electron chi connectivity index (χ1n) is 6.43. The molecular formula is C13H22ClN3O2. The average Bonchev–Trinajstić information content (AvgIpc) is 2.67. The molecule has 1 fully saturated rings. The Balaban J connectivity index is 0.00000180. The van der Waals surface area contributed by atoms with Gasteiger partial charge >= 0.3 is 0 Å². The predicted octanol–water partition coefficient (Wildman–Crippen LogP) is 1.83. The summed E-state index contributed by atoms with van der Waals surface area (Å²) in [5.74, 6) is 0.712. The molecular weight excluding hydrogens is 266 g/mol. The molecule has 0 bridgehead atoms. The smallest absolute Gasteiger partial charge is 0.289 e. The molecule has 2 rings (SSSR count). The van der Waals surface area contributed by atoms with Crippen molar-refractivity contribution in [3.8, 4) is 0 Å². The van der Waals surface area contributed by atoms with Crippen molar-refractivity contribution in [3.63, 3.8) is 0 Å². The van der Waals surface area contributed by atoms with E-state index in [1.807, 2.05) is 0 Å². The van der Waals surface area contributed by atoms with Crippen LogP contribution in [-0.2, 0) is 0 Å². The number of aromatic nitrogens is 1. The number of piperidine rings is 1. The minimum atomic E-state index is -0.159. The van der Waals surface area contributed by atoms with Gasteiger partial charge in [-0.15, -0.1) is 12.4 Å². The quantitative estimate of drug-likeness (QED) is 0.890. The second kappa shape index (κ2) is 6.39. The third-order valence-corrected chi connectivity index (χ3v) is 3.60. The topological polar surface area (TPSA) is 67.2 Å². The van der Waals surface area contributed by atoms with Crippen LogP contribution in [-0.4, -0.2) is 30.5 Å². The first kappa shape index (κ1) is 16.0. The summed E-state index contributed by atoms with van der Waals surface area (Å²) in [5.41, 5.74) is 0.838. The van der Waals surface area contributed by atoms with Gasteiger partial charge < -0.3 is 15.1 Å². The van der Waals surface area contributed by atoms with E-state index >= 15 is 0 Å². The summed E-state index contributed by atoms with van der Waals surface area (Å²) in [4.78, 5) is 16.1. The van der Waals surface area contributed by atoms with E-state index in [-0.39, 0.29) is 23.7 Å². The monoisotopic (exact) mass is 287 g/mol. The lowest BCUT2D eigenvalue weighted by atomic mass is 9.81. The molecule has 5 nitrogen and oxygen atoms in total. The van der Waals surface area contributed by atoms with Gasteiger partial charge in [-0.3, -0.25) is 4.79 Å². The number of halogens is 1. The van der Waals surface area contributed by atoms with Gasteiger partial charge in [-0.2, -0.15) is 0 Å². The van der Waals surface area contributed by atoms with Crippen molar-refractivity contribution in [2.45, 2.75) is 33.6 Å². The van der Waals surface area contributed by atoms with Crippen LogP contribution in [0.1, 0.15) is 41.9 Å². The van der Waals surface area contributed by atoms with Gasteiger partial charge in [0.1, 0.15) is 0 Å². The zero-order valence-corrected chi connectivity index (χ0v) is 12.5. The van der Waals surface area contributed by atoms with Gasteiger partial charge in [-0.25, -0.2) is 4.98 Å². The van der Waals surface area contributed by atoms with Gasteiger partial charge in [0, 0.05) is 13.5 Å². The van der Waals surface area contributed by atoms with Crippen molar-refractivity contribution in [3.05, 3.63) is 17.3 Å². The van der Waals surface area contributed by atoms with Crippen LogP contribution in [0, 0.1) is 19.3 Å². The first-order chi connectivity index (χ1) is 8.50. The van der Waals surface area contributed by atoms with E-state index in [1.165, 1.54) is 0 Å². The summed E-state index contributed by atoms with van der Waals surface area (Å²) in [6.07, 6.45) is 2.17. The van der Waals surface area contributed by atoms with Crippen LogP contribution < -0.4 is 10.6 Å². The van der Waals surface area contributed by atoms with E-state index in [0.717, 1.165) is 25.9 Å². The average molecular weight is 288 g/mol. The molecule has 19 heavy (non-hydrogen) atoms. The molecule has 1 aliphatic rings. The van der Waals surface area contributed by atoms with Crippen LogP contribution in [0.2, 0.25) is 0 Å². The highest BCUT2D eigenvalue weighted by Gasteiger charge is 2.28. The number of amides is 1. The summed E-state index contributed by atoms with van der Waals surface area (Å²) < 4.78 is 5.31. The highest BCUT2D eigenvalue weighted by atomic mass is 35.5. The Morgan fingerprint density at radius 1 is 1.42 bits per heavy atom. The van der Waals surface area contributed by atoms with Crippen molar-refractivity contribution in [2.75, 3.05) is 19.6 Å². The van der Waals surface area contributed by atoms with Crippen molar-refractivity contribution < 1.29 is 9.21 Å². The third kappa shape index (κ3) is 3.94. The molecule has 1 saturated heterocycles. The third-order valence-electron chi connectivity index (χ3n) is 3.60. The lowest BCUT2D eigenvalue weighted by Gasteiger charge is -2.34. The van der Waals surface area contributed by atoms with E-state index in [2.05, 4.69) is 22.5 Å². The molecule has 0 spiro atoms. The van der Waals surface area contributed by atoms with Gasteiger partial charge in [-0.1, -0.05) is 6.92 Å². The summed E-state index contributed by atoms with van der Waals surface area (Å²) in [5, 5.41) is 6.29. The van der Waals surface area contributed by atoms with Crippen molar-refractivity contribution >= 4 is 18.3 Å². The molecule has 1 aromatic rings. The van der Waals surface area contributed by atoms with Crippen molar-refractivity contribution in [1.29, 1.82) is 0 Å². The molecule has 0 radical (unpaired) electrons. The van der Waals surface area contributed by atoms with Crippen LogP contribution in [0.3, 0.4) is 0 Å². The van der Waals surface area contributed by atoms with E-state index < -0.39 is 0 Å². The van der Waals surface area contributed by atoms with E-state index in [9.17, 15) is 4.79 Å². The molecule has 1 aromatic heterocycles. The molecule has 108 valence electrons. The Hall–Kier alpha value is -1.07. The molecule has 0 saturated carbocycles. The number of carbonyl (C=O) groups excluding carboxylic acids is 1. The van der Waals surface area contributed by atoms with Crippen molar-refractivity contribution in [1.82, 2.24) is 15.6 Å². The number of hydrogen-bond donors (Lipinski definition) is 2. The van der Waals surface area contributed by atoms with Gasteiger partial charge in [0.2, 0.25) is 5.76 Å². The Bertz CT molecular complexity index is 439. The fourth-order valence-electron chi connectivity index (χ4n) is 2.32. The number of carbonyl (C=O) groups is 1. The number of nitrogens with one attached hydrogen (secondary N) is 2. The molecule has 0 aromatic carbocycles. The first-order valence-corrected chi connectivity index (χ1v) is 6.43. The maximum Gasteiger partial charge on any atom is 0.289 e. The minimum absolute atomic E-state index is 0. The summed E-state index contributed by atoms with van der Waals surface area (Å²) in [6, 6.07) is 0. The predicted molar refractivity (Wildman–Crippen MR) is 75.8 cm³/mol. The standard InChI is InChI=1S/C13H21N3O2.ClH/c1-9-11(18-10(2)16-9)12(17)15-8-13(3)4-6-14-7-5-13;/h14H,4-8H2,1-3H3,(H,15,17);1H. The van der Waals surface area contributed by atoms with Crippen LogP contribution in [0.15, 0.2) is 4.42 Å². The zero-order chi connectivity index (χ0) is 13.2. The van der Waals surface area contributed by atoms with Crippen molar-refractivity contribution in [2.24, 2.45) is 5.41 Å². The number of aryl methyl sites for hydroxylation is 2. The SMILES string of the molecule is Cc1nc(C)c(C(=O)NCC2(C)CCNCC2)o1.Cl. The minimum Gasteiger partial charge on any atom is -0.436 e. The molecule has 2 heterocycles. The van der Waals surface area contributed by atoms with Crippen LogP contribution in [0.25, 0.3) is 0 Å². The van der Waals surface area contributed by atoms with Crippen LogP contribution in [0.4, 0.5) is 0 Å². The maximum atomic E-state index is 12.0. The lowest BCUT2D eigenvalue weighted by molar-refractivity contribution is 0.0892. The fourth-order valence-corrected chi connectivity index (χ4v) is 2.32. The fraction of sp³-hybridized carbons (Fsp3) is 0.692. The Labute approximate surface area is 120 Å². The van der Waals surface area contributed by atoms with E-state index in [4.69, 9.17) is 4.42 Å². The highest BCUT2D eigenvalue weighted by molar-refractivity contribution is 5.92. The number of rotatable bonds is 3. The summed E-state index contributed by atoms with van der Waals surface area (Å²) in [6.45, 7) is 8.48. The van der Waals surface area contributed by atoms with Crippen LogP contribution >= 0.6 is 12.4 Å². The Kier molecular flexibility index (Phi) is 5.38. The number of hydrogen-bond acceptors (Lipinski definition) is 4. The van der Waals surface area contributed by atoms with Gasteiger partial charge in [0.05, 0.1) is 5.69 Å². The van der Waals surface area contributed by atoms with E-state index in [0.29, 0.717) is 23.9 Å². The highest BCUT2D eigenvalue weighted by Crippen LogP contribution is 2.26. The molecule has 0 aliphatic carbocycles. The Morgan fingerprint density at radius 2 is 2.05 bits per heavy atom. The summed E-state index contributed by atoms with van der Waals surface area (Å²) in [7, 11) is 0. The van der Waals surface area contributed by atoms with E-state index in [1.54, 1.807) is 13.8 Å². The second-order valence-corrected chi connectivity index (χ2v) is 5.39. The van der Waals surface area contributed by atoms with Gasteiger partial charge in [0.25, 0.3) is 5.91 Å². The Morgan fingerprint density at radius 3 is 2.58 bits per heavy atom. The zero-order valence-electron chi connectivity index (χ0n) is 11.7. The normalized spacial score (nSPS) is 17.6. The largest absolute Gasteiger partial charge is 0.436 e. The molecule has 0 atom stereocenters. The van der Waals surface area contributed by atoms with Crippen LogP contribution in [0.5, 0.6) is 0 Å². The maximum absolute atomic E-state index is 12.0. The summed E-state index contributed by atoms with van der Waals surface area (Å²) >= 11 is 0. The molecule has 1 amide bonds. The number of nitrogens with zero attached hydrogens (tertiary/aromatic N) is 1. The molecule has 6 heteroatoms. The molecule has 0 unspecified atom stereocenters. The lowest BCUT2D eigenvalue weighted by Crippen LogP contribution is -2.42. The second-order valence-electron chi connectivity index (χ2n) is 5.39. The molecule has 1 aliphatic heterocycles. The number of oxazole rings is 1. The molecule has 2 N–H and O–H groups in total. The van der Waals surface area contributed by atoms with Gasteiger partial charge in [-0.05, 0) is 38.3 Å². The van der Waals surface area contributed by atoms with Gasteiger partial charge in [0.15, 0.2) is 5.89 Å².